The molecule has 0 spiro atoms. The summed E-state index contributed by atoms with van der Waals surface area (Å²) in [7, 11) is 0. The van der Waals surface area contributed by atoms with Crippen LogP contribution in [0.15, 0.2) is 22.5 Å². The van der Waals surface area contributed by atoms with Gasteiger partial charge < -0.3 is 0 Å². The number of nitro groups is 1. The van der Waals surface area contributed by atoms with E-state index >= 15 is 0 Å². The fourth-order valence-corrected chi connectivity index (χ4v) is 3.32. The molecule has 0 amide bonds. The smallest absolute Gasteiger partial charge is 0.258 e. The molecule has 0 atom stereocenters. The Kier molecular flexibility index (Phi) is 4.73. The second-order valence-corrected chi connectivity index (χ2v) is 6.03. The highest BCUT2D eigenvalue weighted by molar-refractivity contribution is 8.00. The first-order valence-electron chi connectivity index (χ1n) is 5.48. The quantitative estimate of drug-likeness (QED) is 0.474. The average Bonchev–Trinajstić information content (AvgIpc) is 2.85. The molecular weight excluding hydrogens is 306 g/mol. The lowest BCUT2D eigenvalue weighted by Crippen LogP contribution is -1.90. The Balaban J connectivity index is 2.10. The Labute approximate surface area is 123 Å². The number of nitrogens with zero attached hydrogens (tertiary/aromatic N) is 3. The topological polar surface area (TPSA) is 68.9 Å². The van der Waals surface area contributed by atoms with Crippen LogP contribution in [0.4, 0.5) is 5.69 Å². The van der Waals surface area contributed by atoms with Gasteiger partial charge in [0.2, 0.25) is 0 Å². The van der Waals surface area contributed by atoms with Gasteiger partial charge in [0.1, 0.15) is 5.82 Å². The van der Waals surface area contributed by atoms with Crippen LogP contribution in [0, 0.1) is 10.1 Å². The third-order valence-corrected chi connectivity index (χ3v) is 4.65. The number of aryl methyl sites for hydroxylation is 1. The van der Waals surface area contributed by atoms with Gasteiger partial charge in [-0.05, 0) is 23.2 Å². The maximum absolute atomic E-state index is 10.7. The van der Waals surface area contributed by atoms with E-state index < -0.39 is 4.92 Å². The molecule has 0 saturated heterocycles. The lowest BCUT2D eigenvalue weighted by Gasteiger charge is -2.02. The van der Waals surface area contributed by atoms with Crippen LogP contribution in [0.1, 0.15) is 18.3 Å². The second kappa shape index (κ2) is 6.31. The summed E-state index contributed by atoms with van der Waals surface area (Å²) in [6.45, 7) is 1.99. The molecule has 2 rings (SSSR count). The van der Waals surface area contributed by atoms with Gasteiger partial charge in [-0.25, -0.2) is 4.98 Å². The number of rotatable bonds is 5. The highest BCUT2D eigenvalue weighted by Crippen LogP contribution is 2.30. The molecule has 0 N–H and O–H groups in total. The zero-order valence-electron chi connectivity index (χ0n) is 10.00. The summed E-state index contributed by atoms with van der Waals surface area (Å²) in [5.74, 6) is 1.36. The summed E-state index contributed by atoms with van der Waals surface area (Å²) < 4.78 is 5.03. The molecule has 100 valence electrons. The Hall–Kier alpha value is -1.18. The number of halogens is 1. The molecule has 1 heterocycles. The predicted molar refractivity (Wildman–Crippen MR) is 77.0 cm³/mol. The number of thioether (sulfide) groups is 1. The van der Waals surface area contributed by atoms with Gasteiger partial charge in [0.25, 0.3) is 5.69 Å². The summed E-state index contributed by atoms with van der Waals surface area (Å²) >= 11 is 8.85. The van der Waals surface area contributed by atoms with Crippen molar-refractivity contribution in [1.29, 1.82) is 0 Å². The molecule has 0 aliphatic rings. The van der Waals surface area contributed by atoms with Gasteiger partial charge in [0.15, 0.2) is 4.34 Å². The maximum Gasteiger partial charge on any atom is 0.269 e. The van der Waals surface area contributed by atoms with E-state index in [4.69, 9.17) is 11.6 Å². The number of non-ortho nitro benzene ring substituents is 1. The van der Waals surface area contributed by atoms with Crippen molar-refractivity contribution in [1.82, 2.24) is 9.36 Å². The lowest BCUT2D eigenvalue weighted by atomic mass is 10.2. The fraction of sp³-hybridized carbons (Fsp3) is 0.273. The molecule has 0 fully saturated rings. The molecule has 0 radical (unpaired) electrons. The van der Waals surface area contributed by atoms with E-state index in [9.17, 15) is 10.1 Å². The van der Waals surface area contributed by atoms with E-state index in [2.05, 4.69) is 9.36 Å². The first kappa shape index (κ1) is 14.2. The minimum atomic E-state index is -0.426. The summed E-state index contributed by atoms with van der Waals surface area (Å²) in [6, 6.07) is 4.45. The normalized spacial score (nSPS) is 10.6. The van der Waals surface area contributed by atoms with Gasteiger partial charge >= 0.3 is 0 Å². The molecule has 0 aliphatic carbocycles. The van der Waals surface area contributed by atoms with Crippen molar-refractivity contribution in [2.24, 2.45) is 0 Å². The van der Waals surface area contributed by atoms with Crippen LogP contribution in [0.25, 0.3) is 0 Å². The van der Waals surface area contributed by atoms with Gasteiger partial charge in [-0.2, -0.15) is 4.37 Å². The van der Waals surface area contributed by atoms with Crippen LogP contribution in [0.3, 0.4) is 0 Å². The molecule has 2 aromatic rings. The van der Waals surface area contributed by atoms with Crippen LogP contribution < -0.4 is 0 Å². The highest BCUT2D eigenvalue weighted by Gasteiger charge is 2.11. The standard InChI is InChI=1S/C11H10ClN3O2S2/c1-2-10-13-11(19-14-10)18-6-7-5-8(15(16)17)3-4-9(7)12/h3-5H,2,6H2,1H3. The number of benzene rings is 1. The van der Waals surface area contributed by atoms with Crippen LogP contribution >= 0.6 is 34.9 Å². The maximum atomic E-state index is 10.7. The Morgan fingerprint density at radius 1 is 1.53 bits per heavy atom. The lowest BCUT2D eigenvalue weighted by molar-refractivity contribution is -0.384. The molecule has 5 nitrogen and oxygen atoms in total. The monoisotopic (exact) mass is 315 g/mol. The van der Waals surface area contributed by atoms with Gasteiger partial charge in [-0.15, -0.1) is 0 Å². The van der Waals surface area contributed by atoms with Gasteiger partial charge in [0, 0.05) is 29.3 Å². The number of nitro benzene ring substituents is 1. The van der Waals surface area contributed by atoms with Gasteiger partial charge in [-0.3, -0.25) is 10.1 Å². The molecule has 0 bridgehead atoms. The molecule has 0 aliphatic heterocycles. The summed E-state index contributed by atoms with van der Waals surface area (Å²) in [6.07, 6.45) is 0.800. The van der Waals surface area contributed by atoms with Crippen molar-refractivity contribution < 1.29 is 4.92 Å². The summed E-state index contributed by atoms with van der Waals surface area (Å²) in [5, 5.41) is 11.2. The summed E-state index contributed by atoms with van der Waals surface area (Å²) in [5.41, 5.74) is 0.778. The van der Waals surface area contributed by atoms with E-state index in [1.807, 2.05) is 6.92 Å². The van der Waals surface area contributed by atoms with Crippen molar-refractivity contribution in [2.75, 3.05) is 0 Å². The van der Waals surface area contributed by atoms with Gasteiger partial charge in [-0.1, -0.05) is 30.3 Å². The fourth-order valence-electron chi connectivity index (χ4n) is 1.36. The first-order valence-corrected chi connectivity index (χ1v) is 7.62. The van der Waals surface area contributed by atoms with E-state index in [1.165, 1.54) is 35.4 Å². The van der Waals surface area contributed by atoms with Crippen molar-refractivity contribution in [3.63, 3.8) is 0 Å². The molecule has 19 heavy (non-hydrogen) atoms. The molecule has 8 heteroatoms. The van der Waals surface area contributed by atoms with Gasteiger partial charge in [0.05, 0.1) is 4.92 Å². The Morgan fingerprint density at radius 2 is 2.32 bits per heavy atom. The number of aromatic nitrogens is 2. The number of hydrogen-bond donors (Lipinski definition) is 0. The number of hydrogen-bond acceptors (Lipinski definition) is 6. The molecule has 0 saturated carbocycles. The minimum absolute atomic E-state index is 0.0477. The zero-order valence-corrected chi connectivity index (χ0v) is 12.4. The predicted octanol–water partition coefficient (Wildman–Crippen LogP) is 3.95. The SMILES string of the molecule is CCc1nsc(SCc2cc([N+](=O)[O-])ccc2Cl)n1. The Bertz CT molecular complexity index is 603. The largest absolute Gasteiger partial charge is 0.269 e. The highest BCUT2D eigenvalue weighted by atomic mass is 35.5. The van der Waals surface area contributed by atoms with E-state index in [-0.39, 0.29) is 5.69 Å². The van der Waals surface area contributed by atoms with Crippen molar-refractivity contribution in [2.45, 2.75) is 23.4 Å². The second-order valence-electron chi connectivity index (χ2n) is 3.65. The van der Waals surface area contributed by atoms with Crippen molar-refractivity contribution in [3.8, 4) is 0 Å². The molecule has 1 aromatic carbocycles. The zero-order chi connectivity index (χ0) is 13.8. The van der Waals surface area contributed by atoms with E-state index in [0.29, 0.717) is 10.8 Å². The average molecular weight is 316 g/mol. The van der Waals surface area contributed by atoms with Crippen LogP contribution in [-0.2, 0) is 12.2 Å². The molecular formula is C11H10ClN3O2S2. The van der Waals surface area contributed by atoms with E-state index in [1.54, 1.807) is 6.07 Å². The van der Waals surface area contributed by atoms with Crippen LogP contribution in [0.2, 0.25) is 5.02 Å². The molecule has 0 unspecified atom stereocenters. The third-order valence-electron chi connectivity index (χ3n) is 2.36. The van der Waals surface area contributed by atoms with Crippen LogP contribution in [-0.4, -0.2) is 14.3 Å². The van der Waals surface area contributed by atoms with E-state index in [0.717, 1.165) is 22.1 Å². The van der Waals surface area contributed by atoms with Crippen LogP contribution in [0.5, 0.6) is 0 Å². The summed E-state index contributed by atoms with van der Waals surface area (Å²) in [4.78, 5) is 14.6. The Morgan fingerprint density at radius 3 is 2.95 bits per heavy atom. The molecule has 1 aromatic heterocycles. The first-order chi connectivity index (χ1) is 9.10. The third kappa shape index (κ3) is 3.65. The van der Waals surface area contributed by atoms with Crippen molar-refractivity contribution >= 4 is 40.6 Å². The minimum Gasteiger partial charge on any atom is -0.258 e. The van der Waals surface area contributed by atoms with Crippen molar-refractivity contribution in [3.05, 3.63) is 44.7 Å².